The quantitative estimate of drug-likeness (QED) is 0.720. The largest absolute Gasteiger partial charge is 0.478 e. The van der Waals surface area contributed by atoms with Gasteiger partial charge in [-0.05, 0) is 52.3 Å². The first-order valence-corrected chi connectivity index (χ1v) is 6.94. The number of carbonyl (C=O) groups excluding carboxylic acids is 1. The van der Waals surface area contributed by atoms with Crippen LogP contribution >= 0.6 is 27.5 Å². The Morgan fingerprint density at radius 3 is 2.48 bits per heavy atom. The summed E-state index contributed by atoms with van der Waals surface area (Å²) in [6.45, 7) is 0. The predicted octanol–water partition coefficient (Wildman–Crippen LogP) is 3.64. The fourth-order valence-corrected chi connectivity index (χ4v) is 2.27. The van der Waals surface area contributed by atoms with Crippen molar-refractivity contribution >= 4 is 50.8 Å². The summed E-state index contributed by atoms with van der Waals surface area (Å²) in [5.41, 5.74) is 6.85. The minimum Gasteiger partial charge on any atom is -0.478 e. The maximum atomic E-state index is 12.1. The Morgan fingerprint density at radius 1 is 1.14 bits per heavy atom. The van der Waals surface area contributed by atoms with Crippen LogP contribution in [0, 0.1) is 0 Å². The van der Waals surface area contributed by atoms with Gasteiger partial charge in [0.25, 0.3) is 5.91 Å². The summed E-state index contributed by atoms with van der Waals surface area (Å²) in [5, 5.41) is 11.8. The van der Waals surface area contributed by atoms with Gasteiger partial charge in [-0.25, -0.2) is 4.79 Å². The van der Waals surface area contributed by atoms with E-state index in [2.05, 4.69) is 21.2 Å². The van der Waals surface area contributed by atoms with Crippen LogP contribution in [-0.2, 0) is 0 Å². The molecule has 0 aromatic heterocycles. The average molecular weight is 370 g/mol. The summed E-state index contributed by atoms with van der Waals surface area (Å²) in [5.74, 6) is -1.52. The predicted molar refractivity (Wildman–Crippen MR) is 84.9 cm³/mol. The van der Waals surface area contributed by atoms with Crippen LogP contribution in [0.4, 0.5) is 11.4 Å². The lowest BCUT2D eigenvalue weighted by molar-refractivity contribution is 0.0696. The van der Waals surface area contributed by atoms with Gasteiger partial charge in [0.15, 0.2) is 0 Å². The van der Waals surface area contributed by atoms with E-state index < -0.39 is 11.9 Å². The van der Waals surface area contributed by atoms with Crippen LogP contribution < -0.4 is 11.1 Å². The van der Waals surface area contributed by atoms with E-state index in [1.54, 1.807) is 18.2 Å². The molecule has 0 aliphatic heterocycles. The molecule has 0 heterocycles. The SMILES string of the molecule is Nc1ccc(C(=O)Nc2cc(Cl)cc(C(=O)O)c2)cc1Br. The molecule has 2 aromatic carbocycles. The van der Waals surface area contributed by atoms with Crippen LogP contribution in [0.15, 0.2) is 40.9 Å². The zero-order valence-electron chi connectivity index (χ0n) is 10.6. The molecule has 0 atom stereocenters. The van der Waals surface area contributed by atoms with Crippen LogP contribution in [0.3, 0.4) is 0 Å². The molecule has 0 fully saturated rings. The molecule has 21 heavy (non-hydrogen) atoms. The third-order valence-corrected chi connectivity index (χ3v) is 3.57. The Balaban J connectivity index is 2.27. The second-order valence-corrected chi connectivity index (χ2v) is 5.51. The van der Waals surface area contributed by atoms with Gasteiger partial charge in [-0.2, -0.15) is 0 Å². The highest BCUT2D eigenvalue weighted by molar-refractivity contribution is 9.10. The molecular weight excluding hydrogens is 360 g/mol. The third kappa shape index (κ3) is 3.74. The summed E-state index contributed by atoms with van der Waals surface area (Å²) in [6, 6.07) is 8.85. The number of aromatic carboxylic acids is 1. The van der Waals surface area contributed by atoms with Gasteiger partial charge in [0.1, 0.15) is 0 Å². The van der Waals surface area contributed by atoms with Gasteiger partial charge in [0.05, 0.1) is 5.56 Å². The van der Waals surface area contributed by atoms with Gasteiger partial charge in [-0.1, -0.05) is 11.6 Å². The minimum absolute atomic E-state index is 0.00344. The summed E-state index contributed by atoms with van der Waals surface area (Å²) >= 11 is 9.07. The van der Waals surface area contributed by atoms with Crippen molar-refractivity contribution in [2.75, 3.05) is 11.1 Å². The molecule has 4 N–H and O–H groups in total. The monoisotopic (exact) mass is 368 g/mol. The molecule has 0 saturated carbocycles. The lowest BCUT2D eigenvalue weighted by Crippen LogP contribution is -2.12. The summed E-state index contributed by atoms with van der Waals surface area (Å²) < 4.78 is 0.604. The number of hydrogen-bond donors (Lipinski definition) is 3. The molecule has 1 amide bonds. The number of nitrogens with one attached hydrogen (secondary N) is 1. The van der Waals surface area contributed by atoms with E-state index in [4.69, 9.17) is 22.4 Å². The zero-order valence-corrected chi connectivity index (χ0v) is 12.9. The van der Waals surface area contributed by atoms with Crippen LogP contribution in [0.25, 0.3) is 0 Å². The first kappa shape index (κ1) is 15.3. The lowest BCUT2D eigenvalue weighted by atomic mass is 10.1. The van der Waals surface area contributed by atoms with Gasteiger partial charge >= 0.3 is 5.97 Å². The fourth-order valence-electron chi connectivity index (χ4n) is 1.66. The number of nitrogens with two attached hydrogens (primary N) is 1. The molecule has 7 heteroatoms. The second-order valence-electron chi connectivity index (χ2n) is 4.22. The van der Waals surface area contributed by atoms with E-state index >= 15 is 0 Å². The molecule has 2 aromatic rings. The highest BCUT2D eigenvalue weighted by atomic mass is 79.9. The minimum atomic E-state index is -1.12. The molecule has 0 bridgehead atoms. The van der Waals surface area contributed by atoms with Crippen molar-refractivity contribution in [3.8, 4) is 0 Å². The fraction of sp³-hybridized carbons (Fsp3) is 0. The smallest absolute Gasteiger partial charge is 0.335 e. The molecule has 0 spiro atoms. The average Bonchev–Trinajstić information content (AvgIpc) is 2.41. The molecule has 0 radical (unpaired) electrons. The van der Waals surface area contributed by atoms with Crippen molar-refractivity contribution in [3.63, 3.8) is 0 Å². The van der Waals surface area contributed by atoms with E-state index in [9.17, 15) is 9.59 Å². The molecule has 5 nitrogen and oxygen atoms in total. The van der Waals surface area contributed by atoms with Gasteiger partial charge in [0.2, 0.25) is 0 Å². The number of benzene rings is 2. The van der Waals surface area contributed by atoms with Crippen molar-refractivity contribution in [1.82, 2.24) is 0 Å². The van der Waals surface area contributed by atoms with Crippen molar-refractivity contribution < 1.29 is 14.7 Å². The number of amides is 1. The first-order chi connectivity index (χ1) is 9.86. The number of anilines is 2. The third-order valence-electron chi connectivity index (χ3n) is 2.67. The summed E-state index contributed by atoms with van der Waals surface area (Å²) in [6.07, 6.45) is 0. The number of nitrogen functional groups attached to an aromatic ring is 1. The van der Waals surface area contributed by atoms with Crippen molar-refractivity contribution in [2.24, 2.45) is 0 Å². The molecule has 0 aliphatic carbocycles. The van der Waals surface area contributed by atoms with Gasteiger partial charge in [-0.15, -0.1) is 0 Å². The molecule has 0 unspecified atom stereocenters. The van der Waals surface area contributed by atoms with Crippen molar-refractivity contribution in [2.45, 2.75) is 0 Å². The zero-order chi connectivity index (χ0) is 15.6. The van der Waals surface area contributed by atoms with Crippen molar-refractivity contribution in [3.05, 3.63) is 57.0 Å². The Labute approximate surface area is 133 Å². The number of rotatable bonds is 3. The molecule has 2 rings (SSSR count). The van der Waals surface area contributed by atoms with Crippen molar-refractivity contribution in [1.29, 1.82) is 0 Å². The lowest BCUT2D eigenvalue weighted by Gasteiger charge is -2.08. The van der Waals surface area contributed by atoms with Crippen LogP contribution in [-0.4, -0.2) is 17.0 Å². The van der Waals surface area contributed by atoms with E-state index in [-0.39, 0.29) is 10.6 Å². The van der Waals surface area contributed by atoms with E-state index in [0.717, 1.165) is 0 Å². The number of hydrogen-bond acceptors (Lipinski definition) is 3. The Bertz CT molecular complexity index is 734. The molecule has 0 aliphatic rings. The Morgan fingerprint density at radius 2 is 1.86 bits per heavy atom. The standard InChI is InChI=1S/C14H10BrClN2O3/c15-11-5-7(1-2-12(11)17)13(19)18-10-4-8(14(20)21)3-9(16)6-10/h1-6H,17H2,(H,18,19)(H,20,21). The van der Waals surface area contributed by atoms with Crippen LogP contribution in [0.1, 0.15) is 20.7 Å². The molecule has 0 saturated heterocycles. The highest BCUT2D eigenvalue weighted by Gasteiger charge is 2.11. The van der Waals surface area contributed by atoms with Crippen LogP contribution in [0.2, 0.25) is 5.02 Å². The topological polar surface area (TPSA) is 92.4 Å². The molecule has 108 valence electrons. The number of carboxylic acids is 1. The summed E-state index contributed by atoms with van der Waals surface area (Å²) in [7, 11) is 0. The van der Waals surface area contributed by atoms with E-state index in [1.807, 2.05) is 0 Å². The van der Waals surface area contributed by atoms with Crippen LogP contribution in [0.5, 0.6) is 0 Å². The van der Waals surface area contributed by atoms with Gasteiger partial charge < -0.3 is 16.2 Å². The van der Waals surface area contributed by atoms with E-state index in [1.165, 1.54) is 18.2 Å². The maximum absolute atomic E-state index is 12.1. The number of carbonyl (C=O) groups is 2. The highest BCUT2D eigenvalue weighted by Crippen LogP contribution is 2.23. The normalized spacial score (nSPS) is 10.2. The Kier molecular flexibility index (Phi) is 4.50. The number of carboxylic acid groups (broad SMARTS) is 1. The van der Waals surface area contributed by atoms with E-state index in [0.29, 0.717) is 21.4 Å². The maximum Gasteiger partial charge on any atom is 0.335 e. The number of halogens is 2. The summed E-state index contributed by atoms with van der Waals surface area (Å²) in [4.78, 5) is 23.1. The molecular formula is C14H10BrClN2O3. The second kappa shape index (κ2) is 6.15. The van der Waals surface area contributed by atoms with Gasteiger partial charge in [-0.3, -0.25) is 4.79 Å². The Hall–Kier alpha value is -2.05. The van der Waals surface area contributed by atoms with Gasteiger partial charge in [0, 0.05) is 26.4 Å². The first-order valence-electron chi connectivity index (χ1n) is 5.77.